The highest BCUT2D eigenvalue weighted by Gasteiger charge is 2.37. The van der Waals surface area contributed by atoms with Gasteiger partial charge in [-0.3, -0.25) is 28.9 Å². The second kappa shape index (κ2) is 12.1. The molecule has 2 aromatic carbocycles. The maximum Gasteiger partial charge on any atom is 0.305 e. The molecule has 0 unspecified atom stereocenters. The molecule has 0 aromatic heterocycles. The lowest BCUT2D eigenvalue weighted by Crippen LogP contribution is -2.54. The number of nitrogens with one attached hydrogen (secondary N) is 2. The van der Waals surface area contributed by atoms with Crippen LogP contribution in [0.3, 0.4) is 0 Å². The highest BCUT2D eigenvalue weighted by atomic mass is 35.5. The van der Waals surface area contributed by atoms with Crippen molar-refractivity contribution >= 4 is 70.5 Å². The number of fused-ring (bicyclic) bond motifs is 1. The standard InChI is InChI=1S/C25H24Cl2N4O7/c1-13-17(26)7-15(8-18(13)27)24(37)29-19-10-30(14(2)33)20-5-3-4-6-21(20)31(25(19)38)11-22(34)28-16(12-32)9-23(35)36/h3-8,12,16,19H,9-11H2,1-2H3,(H,28,34)(H,29,37)(H,35,36)/t16-,19-/m0/s1. The molecule has 38 heavy (non-hydrogen) atoms. The van der Waals surface area contributed by atoms with Gasteiger partial charge in [0.1, 0.15) is 18.9 Å². The van der Waals surface area contributed by atoms with Crippen molar-refractivity contribution in [2.24, 2.45) is 0 Å². The fraction of sp³-hybridized carbons (Fsp3) is 0.280. The number of nitrogens with zero attached hydrogens (tertiary/aromatic N) is 2. The summed E-state index contributed by atoms with van der Waals surface area (Å²) in [5, 5.41) is 14.3. The topological polar surface area (TPSA) is 153 Å². The van der Waals surface area contributed by atoms with Crippen LogP contribution < -0.4 is 20.4 Å². The number of benzene rings is 2. The number of para-hydroxylation sites is 2. The van der Waals surface area contributed by atoms with Crippen molar-refractivity contribution in [2.45, 2.75) is 32.4 Å². The molecule has 3 rings (SSSR count). The van der Waals surface area contributed by atoms with Gasteiger partial charge in [-0.2, -0.15) is 0 Å². The average molecular weight is 563 g/mol. The lowest BCUT2D eigenvalue weighted by Gasteiger charge is -2.25. The zero-order valence-corrected chi connectivity index (χ0v) is 21.9. The van der Waals surface area contributed by atoms with Crippen molar-refractivity contribution in [1.82, 2.24) is 10.6 Å². The predicted molar refractivity (Wildman–Crippen MR) is 140 cm³/mol. The third kappa shape index (κ3) is 6.48. The fourth-order valence-corrected chi connectivity index (χ4v) is 4.38. The first-order valence-corrected chi connectivity index (χ1v) is 12.1. The number of carbonyl (C=O) groups is 6. The zero-order valence-electron chi connectivity index (χ0n) is 20.4. The molecular formula is C25H24Cl2N4O7. The first-order chi connectivity index (χ1) is 17.9. The number of hydrogen-bond acceptors (Lipinski definition) is 6. The Kier molecular flexibility index (Phi) is 9.08. The van der Waals surface area contributed by atoms with Crippen molar-refractivity contribution in [3.63, 3.8) is 0 Å². The van der Waals surface area contributed by atoms with E-state index >= 15 is 0 Å². The molecule has 0 aliphatic carbocycles. The van der Waals surface area contributed by atoms with E-state index in [1.165, 1.54) is 30.0 Å². The number of aliphatic carboxylic acids is 1. The number of amides is 4. The van der Waals surface area contributed by atoms with Crippen LogP contribution in [-0.2, 0) is 24.0 Å². The lowest BCUT2D eigenvalue weighted by molar-refractivity contribution is -0.139. The Labute approximate surface area is 227 Å². The predicted octanol–water partition coefficient (Wildman–Crippen LogP) is 1.96. The van der Waals surface area contributed by atoms with E-state index in [1.807, 2.05) is 0 Å². The second-order valence-electron chi connectivity index (χ2n) is 8.54. The molecule has 1 aliphatic heterocycles. The summed E-state index contributed by atoms with van der Waals surface area (Å²) in [6, 6.07) is 6.54. The first-order valence-electron chi connectivity index (χ1n) is 11.3. The van der Waals surface area contributed by atoms with Gasteiger partial charge < -0.3 is 25.4 Å². The molecule has 4 amide bonds. The van der Waals surface area contributed by atoms with Gasteiger partial charge in [-0.05, 0) is 36.8 Å². The zero-order chi connectivity index (χ0) is 28.1. The number of carboxylic acid groups (broad SMARTS) is 1. The molecule has 11 nitrogen and oxygen atoms in total. The second-order valence-corrected chi connectivity index (χ2v) is 9.36. The van der Waals surface area contributed by atoms with E-state index < -0.39 is 54.6 Å². The number of rotatable bonds is 8. The average Bonchev–Trinajstić information content (AvgIpc) is 2.96. The molecule has 200 valence electrons. The molecule has 0 bridgehead atoms. The van der Waals surface area contributed by atoms with Crippen LogP contribution in [0, 0.1) is 6.92 Å². The summed E-state index contributed by atoms with van der Waals surface area (Å²) in [5.74, 6) is -3.93. The number of carboxylic acids is 1. The van der Waals surface area contributed by atoms with E-state index in [0.29, 0.717) is 11.3 Å². The third-order valence-electron chi connectivity index (χ3n) is 5.83. The number of aldehydes is 1. The van der Waals surface area contributed by atoms with Gasteiger partial charge in [0.15, 0.2) is 0 Å². The summed E-state index contributed by atoms with van der Waals surface area (Å²) >= 11 is 12.3. The van der Waals surface area contributed by atoms with Crippen LogP contribution in [0.25, 0.3) is 0 Å². The summed E-state index contributed by atoms with van der Waals surface area (Å²) in [7, 11) is 0. The minimum atomic E-state index is -1.31. The van der Waals surface area contributed by atoms with Crippen LogP contribution in [-0.4, -0.2) is 66.2 Å². The SMILES string of the molecule is CC(=O)N1C[C@H](NC(=O)c2cc(Cl)c(C)c(Cl)c2)C(=O)N(CC(=O)N[C@H](C=O)CC(=O)O)c2ccccc21. The van der Waals surface area contributed by atoms with Crippen molar-refractivity contribution in [1.29, 1.82) is 0 Å². The molecule has 3 N–H and O–H groups in total. The summed E-state index contributed by atoms with van der Waals surface area (Å²) < 4.78 is 0. The van der Waals surface area contributed by atoms with Crippen LogP contribution in [0.15, 0.2) is 36.4 Å². The molecule has 13 heteroatoms. The quantitative estimate of drug-likeness (QED) is 0.415. The van der Waals surface area contributed by atoms with Crippen LogP contribution >= 0.6 is 23.2 Å². The summed E-state index contributed by atoms with van der Waals surface area (Å²) in [5.41, 5.74) is 1.18. The number of halogens is 2. The number of hydrogen-bond donors (Lipinski definition) is 3. The Balaban J connectivity index is 1.96. The van der Waals surface area contributed by atoms with E-state index in [0.717, 1.165) is 4.90 Å². The highest BCUT2D eigenvalue weighted by molar-refractivity contribution is 6.36. The van der Waals surface area contributed by atoms with Crippen molar-refractivity contribution < 1.29 is 33.9 Å². The van der Waals surface area contributed by atoms with Gasteiger partial charge in [-0.15, -0.1) is 0 Å². The van der Waals surface area contributed by atoms with Gasteiger partial charge in [-0.1, -0.05) is 35.3 Å². The van der Waals surface area contributed by atoms with Gasteiger partial charge in [0.05, 0.1) is 30.4 Å². The summed E-state index contributed by atoms with van der Waals surface area (Å²) in [4.78, 5) is 76.6. The van der Waals surface area contributed by atoms with Crippen LogP contribution in [0.5, 0.6) is 0 Å². The third-order valence-corrected chi connectivity index (χ3v) is 6.61. The van der Waals surface area contributed by atoms with Gasteiger partial charge in [-0.25, -0.2) is 0 Å². The van der Waals surface area contributed by atoms with Gasteiger partial charge in [0.2, 0.25) is 11.8 Å². The van der Waals surface area contributed by atoms with Crippen molar-refractivity contribution in [3.05, 3.63) is 57.6 Å². The molecule has 0 fully saturated rings. The highest BCUT2D eigenvalue weighted by Crippen LogP contribution is 2.33. The Morgan fingerprint density at radius 2 is 1.74 bits per heavy atom. The summed E-state index contributed by atoms with van der Waals surface area (Å²) in [6.07, 6.45) is -0.360. The van der Waals surface area contributed by atoms with Crippen LogP contribution in [0.4, 0.5) is 11.4 Å². The maximum atomic E-state index is 13.7. The van der Waals surface area contributed by atoms with E-state index in [1.54, 1.807) is 25.1 Å². The lowest BCUT2D eigenvalue weighted by atomic mass is 10.1. The van der Waals surface area contributed by atoms with E-state index in [4.69, 9.17) is 28.3 Å². The summed E-state index contributed by atoms with van der Waals surface area (Å²) in [6.45, 7) is 2.12. The molecule has 0 radical (unpaired) electrons. The minimum Gasteiger partial charge on any atom is -0.481 e. The van der Waals surface area contributed by atoms with Gasteiger partial charge in [0.25, 0.3) is 11.8 Å². The monoisotopic (exact) mass is 562 g/mol. The van der Waals surface area contributed by atoms with Gasteiger partial charge in [0, 0.05) is 22.5 Å². The minimum absolute atomic E-state index is 0.0846. The van der Waals surface area contributed by atoms with E-state index in [9.17, 15) is 28.8 Å². The molecule has 0 saturated carbocycles. The van der Waals surface area contributed by atoms with Gasteiger partial charge >= 0.3 is 5.97 Å². The molecule has 2 atom stereocenters. The molecule has 1 heterocycles. The van der Waals surface area contributed by atoms with E-state index in [-0.39, 0.29) is 34.1 Å². The number of anilines is 2. The normalized spacial score (nSPS) is 15.7. The molecule has 0 saturated heterocycles. The Bertz CT molecular complexity index is 1290. The van der Waals surface area contributed by atoms with E-state index in [2.05, 4.69) is 10.6 Å². The van der Waals surface area contributed by atoms with Crippen LogP contribution in [0.2, 0.25) is 10.0 Å². The fourth-order valence-electron chi connectivity index (χ4n) is 3.89. The molecule has 0 spiro atoms. The number of carbonyl (C=O) groups excluding carboxylic acids is 5. The Morgan fingerprint density at radius 3 is 2.29 bits per heavy atom. The largest absolute Gasteiger partial charge is 0.481 e. The first kappa shape index (κ1) is 28.6. The van der Waals surface area contributed by atoms with Crippen molar-refractivity contribution in [2.75, 3.05) is 22.9 Å². The molecule has 2 aromatic rings. The molecule has 1 aliphatic rings. The molecular weight excluding hydrogens is 539 g/mol. The van der Waals surface area contributed by atoms with Crippen LogP contribution in [0.1, 0.15) is 29.3 Å². The van der Waals surface area contributed by atoms with Crippen molar-refractivity contribution in [3.8, 4) is 0 Å². The maximum absolute atomic E-state index is 13.7. The Hall–Kier alpha value is -3.96. The smallest absolute Gasteiger partial charge is 0.305 e. The Morgan fingerprint density at radius 1 is 1.13 bits per heavy atom.